The zero-order valence-corrected chi connectivity index (χ0v) is 11.3. The third kappa shape index (κ3) is 2.89. The lowest BCUT2D eigenvalue weighted by Crippen LogP contribution is -2.38. The number of hydrogen-bond acceptors (Lipinski definition) is 3. The number of amides is 1. The van der Waals surface area contributed by atoms with Crippen molar-refractivity contribution >= 4 is 5.91 Å². The predicted octanol–water partition coefficient (Wildman–Crippen LogP) is 2.16. The maximum Gasteiger partial charge on any atom is 0.293 e. The van der Waals surface area contributed by atoms with Crippen LogP contribution in [0.25, 0.3) is 0 Å². The van der Waals surface area contributed by atoms with Crippen molar-refractivity contribution in [3.05, 3.63) is 11.6 Å². The molecule has 1 amide bonds. The van der Waals surface area contributed by atoms with Gasteiger partial charge in [-0.2, -0.15) is 0 Å². The van der Waals surface area contributed by atoms with E-state index in [2.05, 4.69) is 22.1 Å². The lowest BCUT2D eigenvalue weighted by Gasteiger charge is -2.30. The number of aromatic nitrogens is 3. The highest BCUT2D eigenvalue weighted by atomic mass is 16.2. The van der Waals surface area contributed by atoms with E-state index in [0.29, 0.717) is 11.9 Å². The minimum atomic E-state index is -0.0551. The number of rotatable bonds is 4. The van der Waals surface area contributed by atoms with Crippen molar-refractivity contribution in [1.82, 2.24) is 20.1 Å². The maximum atomic E-state index is 12.2. The van der Waals surface area contributed by atoms with Gasteiger partial charge in [0.25, 0.3) is 5.91 Å². The highest BCUT2D eigenvalue weighted by Gasteiger charge is 2.25. The summed E-state index contributed by atoms with van der Waals surface area (Å²) in [7, 11) is 1.87. The van der Waals surface area contributed by atoms with Crippen LogP contribution in [0.2, 0.25) is 0 Å². The van der Waals surface area contributed by atoms with Gasteiger partial charge in [0.2, 0.25) is 5.82 Å². The number of aromatic amines is 1. The zero-order valence-electron chi connectivity index (χ0n) is 11.3. The molecule has 1 aromatic heterocycles. The first kappa shape index (κ1) is 13.1. The molecule has 5 heteroatoms. The van der Waals surface area contributed by atoms with E-state index in [1.165, 1.54) is 19.3 Å². The van der Waals surface area contributed by atoms with Crippen LogP contribution >= 0.6 is 0 Å². The molecular weight excluding hydrogens is 228 g/mol. The van der Waals surface area contributed by atoms with E-state index in [4.69, 9.17) is 0 Å². The molecule has 1 heterocycles. The molecule has 0 bridgehead atoms. The van der Waals surface area contributed by atoms with Crippen LogP contribution in [0.3, 0.4) is 0 Å². The second-order valence-electron chi connectivity index (χ2n) is 5.06. The fourth-order valence-corrected chi connectivity index (χ4v) is 2.53. The average molecular weight is 250 g/mol. The van der Waals surface area contributed by atoms with Gasteiger partial charge in [-0.1, -0.05) is 26.2 Å². The van der Waals surface area contributed by atoms with Crippen LogP contribution in [0.5, 0.6) is 0 Å². The molecule has 0 saturated heterocycles. The highest BCUT2D eigenvalue weighted by molar-refractivity contribution is 5.90. The second-order valence-corrected chi connectivity index (χ2v) is 5.06. The largest absolute Gasteiger partial charge is 0.336 e. The Kier molecular flexibility index (Phi) is 4.33. The molecule has 0 aromatic carbocycles. The standard InChI is InChI=1S/C13H22N4O/c1-3-7-11-14-12(16-15-11)13(18)17(2)10-8-5-4-6-9-10/h10H,3-9H2,1-2H3,(H,14,15,16). The molecule has 0 unspecified atom stereocenters. The number of nitrogens with zero attached hydrogens (tertiary/aromatic N) is 3. The molecule has 1 saturated carbocycles. The average Bonchev–Trinajstić information content (AvgIpc) is 2.87. The summed E-state index contributed by atoms with van der Waals surface area (Å²) in [5.74, 6) is 1.06. The Labute approximate surface area is 108 Å². The Bertz CT molecular complexity index is 395. The van der Waals surface area contributed by atoms with Crippen molar-refractivity contribution in [2.75, 3.05) is 7.05 Å². The van der Waals surface area contributed by atoms with E-state index < -0.39 is 0 Å². The Morgan fingerprint density at radius 1 is 1.39 bits per heavy atom. The SMILES string of the molecule is CCCc1nc(C(=O)N(C)C2CCCCC2)n[nH]1. The van der Waals surface area contributed by atoms with Gasteiger partial charge in [0.1, 0.15) is 5.82 Å². The number of carbonyl (C=O) groups excluding carboxylic acids is 1. The molecule has 1 aliphatic rings. The molecule has 18 heavy (non-hydrogen) atoms. The number of aryl methyl sites for hydroxylation is 1. The van der Waals surface area contributed by atoms with Gasteiger partial charge in [0.05, 0.1) is 0 Å². The van der Waals surface area contributed by atoms with Crippen molar-refractivity contribution in [1.29, 1.82) is 0 Å². The number of carbonyl (C=O) groups is 1. The van der Waals surface area contributed by atoms with E-state index in [0.717, 1.165) is 31.5 Å². The van der Waals surface area contributed by atoms with Gasteiger partial charge in [-0.3, -0.25) is 9.89 Å². The van der Waals surface area contributed by atoms with Gasteiger partial charge in [0.15, 0.2) is 0 Å². The quantitative estimate of drug-likeness (QED) is 0.890. The minimum absolute atomic E-state index is 0.0551. The third-order valence-corrected chi connectivity index (χ3v) is 3.65. The van der Waals surface area contributed by atoms with Crippen molar-refractivity contribution in [3.63, 3.8) is 0 Å². The summed E-state index contributed by atoms with van der Waals surface area (Å²) in [6, 6.07) is 0.361. The van der Waals surface area contributed by atoms with Crippen LogP contribution in [-0.2, 0) is 6.42 Å². The van der Waals surface area contributed by atoms with Crippen LogP contribution in [0, 0.1) is 0 Å². The van der Waals surface area contributed by atoms with E-state index in [9.17, 15) is 4.79 Å². The summed E-state index contributed by atoms with van der Waals surface area (Å²) in [6.07, 6.45) is 7.78. The Hall–Kier alpha value is -1.39. The number of nitrogens with one attached hydrogen (secondary N) is 1. The molecule has 0 radical (unpaired) electrons. The van der Waals surface area contributed by atoms with Crippen LogP contribution in [0.15, 0.2) is 0 Å². The summed E-state index contributed by atoms with van der Waals surface area (Å²) in [5, 5.41) is 6.86. The summed E-state index contributed by atoms with van der Waals surface area (Å²) >= 11 is 0. The lowest BCUT2D eigenvalue weighted by atomic mass is 9.94. The number of hydrogen-bond donors (Lipinski definition) is 1. The fraction of sp³-hybridized carbons (Fsp3) is 0.769. The van der Waals surface area contributed by atoms with Crippen molar-refractivity contribution in [2.45, 2.75) is 57.9 Å². The summed E-state index contributed by atoms with van der Waals surface area (Å²) in [4.78, 5) is 18.3. The molecule has 1 N–H and O–H groups in total. The van der Waals surface area contributed by atoms with Crippen LogP contribution in [-0.4, -0.2) is 39.1 Å². The van der Waals surface area contributed by atoms with Crippen molar-refractivity contribution in [3.8, 4) is 0 Å². The van der Waals surface area contributed by atoms with Gasteiger partial charge >= 0.3 is 0 Å². The molecule has 100 valence electrons. The molecular formula is C13H22N4O. The zero-order chi connectivity index (χ0) is 13.0. The first-order valence-corrected chi connectivity index (χ1v) is 6.90. The lowest BCUT2D eigenvalue weighted by molar-refractivity contribution is 0.0684. The third-order valence-electron chi connectivity index (χ3n) is 3.65. The first-order chi connectivity index (χ1) is 8.72. The van der Waals surface area contributed by atoms with E-state index in [1.807, 2.05) is 11.9 Å². The fourth-order valence-electron chi connectivity index (χ4n) is 2.53. The Morgan fingerprint density at radius 2 is 2.11 bits per heavy atom. The summed E-state index contributed by atoms with van der Waals surface area (Å²) in [6.45, 7) is 2.08. The monoisotopic (exact) mass is 250 g/mol. The molecule has 0 aliphatic heterocycles. The van der Waals surface area contributed by atoms with E-state index in [-0.39, 0.29) is 5.91 Å². The van der Waals surface area contributed by atoms with Crippen LogP contribution in [0.1, 0.15) is 61.9 Å². The predicted molar refractivity (Wildman–Crippen MR) is 69.3 cm³/mol. The Balaban J connectivity index is 2.00. The van der Waals surface area contributed by atoms with Gasteiger partial charge in [-0.15, -0.1) is 5.10 Å². The van der Waals surface area contributed by atoms with Gasteiger partial charge in [-0.05, 0) is 19.3 Å². The molecule has 0 spiro atoms. The van der Waals surface area contributed by atoms with Crippen LogP contribution in [0.4, 0.5) is 0 Å². The normalized spacial score (nSPS) is 16.8. The van der Waals surface area contributed by atoms with Crippen molar-refractivity contribution < 1.29 is 4.79 Å². The van der Waals surface area contributed by atoms with Gasteiger partial charge in [0, 0.05) is 19.5 Å². The molecule has 1 fully saturated rings. The second kappa shape index (κ2) is 5.98. The number of H-pyrrole nitrogens is 1. The van der Waals surface area contributed by atoms with E-state index in [1.54, 1.807) is 0 Å². The molecule has 1 aliphatic carbocycles. The molecule has 5 nitrogen and oxygen atoms in total. The molecule has 0 atom stereocenters. The van der Waals surface area contributed by atoms with Gasteiger partial charge < -0.3 is 4.90 Å². The summed E-state index contributed by atoms with van der Waals surface area (Å²) < 4.78 is 0. The Morgan fingerprint density at radius 3 is 2.78 bits per heavy atom. The topological polar surface area (TPSA) is 61.9 Å². The highest BCUT2D eigenvalue weighted by Crippen LogP contribution is 2.22. The minimum Gasteiger partial charge on any atom is -0.336 e. The smallest absolute Gasteiger partial charge is 0.293 e. The molecule has 2 rings (SSSR count). The molecule has 1 aromatic rings. The van der Waals surface area contributed by atoms with Gasteiger partial charge in [-0.25, -0.2) is 4.98 Å². The maximum absolute atomic E-state index is 12.2. The van der Waals surface area contributed by atoms with Crippen LogP contribution < -0.4 is 0 Å². The van der Waals surface area contributed by atoms with E-state index >= 15 is 0 Å². The first-order valence-electron chi connectivity index (χ1n) is 6.90. The summed E-state index contributed by atoms with van der Waals surface area (Å²) in [5.41, 5.74) is 0. The van der Waals surface area contributed by atoms with Crippen molar-refractivity contribution in [2.24, 2.45) is 0 Å².